The van der Waals surface area contributed by atoms with E-state index in [1.165, 1.54) is 5.56 Å². The molecule has 0 saturated carbocycles. The molecule has 0 aromatic heterocycles. The number of hydrogen-bond acceptors (Lipinski definition) is 3. The Kier molecular flexibility index (Phi) is 4.86. The lowest BCUT2D eigenvalue weighted by atomic mass is 9.90. The minimum Gasteiger partial charge on any atom is -0.334 e. The Morgan fingerprint density at radius 2 is 1.81 bits per heavy atom. The first-order valence-corrected chi connectivity index (χ1v) is 9.45. The maximum absolute atomic E-state index is 12.5. The molecule has 4 rings (SSSR count). The Labute approximate surface area is 160 Å². The third-order valence-electron chi connectivity index (χ3n) is 5.44. The molecule has 2 amide bonds. The molecule has 2 N–H and O–H groups in total. The summed E-state index contributed by atoms with van der Waals surface area (Å²) in [6, 6.07) is 18.3. The topological polar surface area (TPSA) is 53.6 Å². The van der Waals surface area contributed by atoms with Gasteiger partial charge in [0.25, 0.3) is 0 Å². The van der Waals surface area contributed by atoms with Crippen LogP contribution < -0.4 is 10.8 Å². The standard InChI is InChI=1S/C22H25N3O2/c1-17-7-5-6-10-19(17)16-23-21(26)25-13-11-22(12-14-25)15-20(24-27-22)18-8-3-2-4-9-18/h2-10,15,24H,11-14,16H2,1H3,(H,23,26). The van der Waals surface area contributed by atoms with Crippen LogP contribution in [-0.4, -0.2) is 29.6 Å². The second-order valence-corrected chi connectivity index (χ2v) is 7.27. The highest BCUT2D eigenvalue weighted by molar-refractivity contribution is 5.74. The SMILES string of the molecule is Cc1ccccc1CNC(=O)N1CCC2(C=C(c3ccccc3)NO2)CC1. The lowest BCUT2D eigenvalue weighted by Crippen LogP contribution is -2.49. The maximum Gasteiger partial charge on any atom is 0.317 e. The van der Waals surface area contributed by atoms with E-state index in [1.54, 1.807) is 0 Å². The van der Waals surface area contributed by atoms with Gasteiger partial charge in [0.15, 0.2) is 0 Å². The molecule has 2 aromatic carbocycles. The van der Waals surface area contributed by atoms with Gasteiger partial charge in [-0.1, -0.05) is 54.6 Å². The van der Waals surface area contributed by atoms with Crippen molar-refractivity contribution in [1.82, 2.24) is 15.7 Å². The molecule has 1 fully saturated rings. The monoisotopic (exact) mass is 363 g/mol. The number of nitrogens with one attached hydrogen (secondary N) is 2. The highest BCUT2D eigenvalue weighted by atomic mass is 16.7. The van der Waals surface area contributed by atoms with Gasteiger partial charge in [-0.15, -0.1) is 0 Å². The first kappa shape index (κ1) is 17.6. The first-order chi connectivity index (χ1) is 13.2. The number of urea groups is 1. The Hall–Kier alpha value is -2.79. The predicted octanol–water partition coefficient (Wildman–Crippen LogP) is 3.62. The van der Waals surface area contributed by atoms with Crippen LogP contribution in [0.25, 0.3) is 5.70 Å². The molecule has 0 radical (unpaired) electrons. The molecule has 0 bridgehead atoms. The molecule has 2 heterocycles. The van der Waals surface area contributed by atoms with Crippen LogP contribution in [0.5, 0.6) is 0 Å². The molecule has 2 aliphatic rings. The average molecular weight is 363 g/mol. The number of rotatable bonds is 3. The Balaban J connectivity index is 1.33. The van der Waals surface area contributed by atoms with Crippen LogP contribution in [-0.2, 0) is 11.4 Å². The van der Waals surface area contributed by atoms with Gasteiger partial charge in [0, 0.05) is 32.5 Å². The molecule has 0 atom stereocenters. The zero-order valence-corrected chi connectivity index (χ0v) is 15.6. The van der Waals surface area contributed by atoms with Gasteiger partial charge in [-0.05, 0) is 29.7 Å². The van der Waals surface area contributed by atoms with Crippen LogP contribution in [0, 0.1) is 6.92 Å². The number of likely N-dealkylation sites (tertiary alicyclic amines) is 1. The van der Waals surface area contributed by atoms with Crippen molar-refractivity contribution < 1.29 is 9.63 Å². The van der Waals surface area contributed by atoms with E-state index in [2.05, 4.69) is 48.1 Å². The minimum atomic E-state index is -0.321. The summed E-state index contributed by atoms with van der Waals surface area (Å²) < 4.78 is 0. The van der Waals surface area contributed by atoms with Gasteiger partial charge in [0.1, 0.15) is 5.60 Å². The van der Waals surface area contributed by atoms with Gasteiger partial charge >= 0.3 is 6.03 Å². The summed E-state index contributed by atoms with van der Waals surface area (Å²) in [5.41, 5.74) is 7.22. The summed E-state index contributed by atoms with van der Waals surface area (Å²) in [7, 11) is 0. The lowest BCUT2D eigenvalue weighted by Gasteiger charge is -2.36. The summed E-state index contributed by atoms with van der Waals surface area (Å²) in [6.07, 6.45) is 3.74. The highest BCUT2D eigenvalue weighted by Crippen LogP contribution is 2.34. The number of hydrogen-bond donors (Lipinski definition) is 2. The van der Waals surface area contributed by atoms with Gasteiger partial charge in [-0.3, -0.25) is 10.3 Å². The molecule has 2 aromatic rings. The average Bonchev–Trinajstić information content (AvgIpc) is 3.12. The van der Waals surface area contributed by atoms with E-state index in [1.807, 2.05) is 35.2 Å². The third kappa shape index (κ3) is 3.83. The molecule has 5 nitrogen and oxygen atoms in total. The van der Waals surface area contributed by atoms with Crippen molar-refractivity contribution in [2.45, 2.75) is 31.9 Å². The van der Waals surface area contributed by atoms with Gasteiger partial charge < -0.3 is 10.2 Å². The van der Waals surface area contributed by atoms with E-state index in [9.17, 15) is 4.79 Å². The molecule has 0 aliphatic carbocycles. The van der Waals surface area contributed by atoms with Gasteiger partial charge in [-0.25, -0.2) is 4.79 Å². The summed E-state index contributed by atoms with van der Waals surface area (Å²) in [6.45, 7) is 3.98. The molecular weight excluding hydrogens is 338 g/mol. The highest BCUT2D eigenvalue weighted by Gasteiger charge is 2.39. The number of carbonyl (C=O) groups excluding carboxylic acids is 1. The van der Waals surface area contributed by atoms with Crippen LogP contribution in [0.4, 0.5) is 4.79 Å². The number of piperidine rings is 1. The molecule has 1 saturated heterocycles. The molecule has 5 heteroatoms. The molecule has 27 heavy (non-hydrogen) atoms. The first-order valence-electron chi connectivity index (χ1n) is 9.45. The summed E-state index contributed by atoms with van der Waals surface area (Å²) in [5, 5.41) is 3.04. The number of carbonyl (C=O) groups is 1. The van der Waals surface area contributed by atoms with E-state index in [-0.39, 0.29) is 11.6 Å². The smallest absolute Gasteiger partial charge is 0.317 e. The van der Waals surface area contributed by atoms with E-state index in [0.29, 0.717) is 19.6 Å². The third-order valence-corrected chi connectivity index (χ3v) is 5.44. The van der Waals surface area contributed by atoms with E-state index in [4.69, 9.17) is 4.84 Å². The van der Waals surface area contributed by atoms with Crippen molar-refractivity contribution in [3.63, 3.8) is 0 Å². The zero-order valence-electron chi connectivity index (χ0n) is 15.6. The molecular formula is C22H25N3O2. The fraction of sp³-hybridized carbons (Fsp3) is 0.318. The quantitative estimate of drug-likeness (QED) is 0.876. The van der Waals surface area contributed by atoms with Crippen molar-refractivity contribution in [2.24, 2.45) is 0 Å². The second kappa shape index (κ2) is 7.45. The Bertz CT molecular complexity index is 840. The fourth-order valence-electron chi connectivity index (χ4n) is 3.66. The van der Waals surface area contributed by atoms with Crippen LogP contribution in [0.2, 0.25) is 0 Å². The zero-order chi connectivity index (χ0) is 18.7. The fourth-order valence-corrected chi connectivity index (χ4v) is 3.66. The van der Waals surface area contributed by atoms with Crippen LogP contribution >= 0.6 is 0 Å². The normalized spacial score (nSPS) is 18.1. The molecule has 0 unspecified atom stereocenters. The Morgan fingerprint density at radius 3 is 2.56 bits per heavy atom. The van der Waals surface area contributed by atoms with Crippen LogP contribution in [0.15, 0.2) is 60.7 Å². The van der Waals surface area contributed by atoms with Crippen molar-refractivity contribution in [3.05, 3.63) is 77.4 Å². The predicted molar refractivity (Wildman–Crippen MR) is 106 cm³/mol. The molecule has 140 valence electrons. The van der Waals surface area contributed by atoms with Gasteiger partial charge in [0.2, 0.25) is 0 Å². The van der Waals surface area contributed by atoms with E-state index >= 15 is 0 Å². The molecule has 1 spiro atoms. The number of hydroxylamine groups is 1. The van der Waals surface area contributed by atoms with E-state index in [0.717, 1.165) is 29.7 Å². The van der Waals surface area contributed by atoms with Crippen LogP contribution in [0.3, 0.4) is 0 Å². The lowest BCUT2D eigenvalue weighted by molar-refractivity contribution is -0.0639. The van der Waals surface area contributed by atoms with Crippen molar-refractivity contribution in [3.8, 4) is 0 Å². The van der Waals surface area contributed by atoms with Crippen molar-refractivity contribution >= 4 is 11.7 Å². The van der Waals surface area contributed by atoms with Gasteiger partial charge in [-0.2, -0.15) is 0 Å². The second-order valence-electron chi connectivity index (χ2n) is 7.27. The minimum absolute atomic E-state index is 0.00804. The molecule has 2 aliphatic heterocycles. The number of nitrogens with zero attached hydrogens (tertiary/aromatic N) is 1. The van der Waals surface area contributed by atoms with E-state index < -0.39 is 0 Å². The van der Waals surface area contributed by atoms with Crippen molar-refractivity contribution in [2.75, 3.05) is 13.1 Å². The largest absolute Gasteiger partial charge is 0.334 e. The summed E-state index contributed by atoms with van der Waals surface area (Å²) in [5.74, 6) is 0. The maximum atomic E-state index is 12.5. The van der Waals surface area contributed by atoms with Gasteiger partial charge in [0.05, 0.1) is 5.70 Å². The summed E-state index contributed by atoms with van der Waals surface area (Å²) >= 11 is 0. The Morgan fingerprint density at radius 1 is 1.11 bits per heavy atom. The number of benzene rings is 2. The number of amides is 2. The summed E-state index contributed by atoms with van der Waals surface area (Å²) in [4.78, 5) is 20.3. The van der Waals surface area contributed by atoms with Crippen molar-refractivity contribution in [1.29, 1.82) is 0 Å². The number of aryl methyl sites for hydroxylation is 1. The van der Waals surface area contributed by atoms with Crippen LogP contribution in [0.1, 0.15) is 29.5 Å².